The highest BCUT2D eigenvalue weighted by molar-refractivity contribution is 7.91. The van der Waals surface area contributed by atoms with Gasteiger partial charge in [-0.2, -0.15) is 0 Å². The Bertz CT molecular complexity index is 1120. The third kappa shape index (κ3) is 5.02. The van der Waals surface area contributed by atoms with Crippen LogP contribution in [-0.2, 0) is 25.8 Å². The van der Waals surface area contributed by atoms with Gasteiger partial charge in [0.05, 0.1) is 10.6 Å². The molecule has 0 spiro atoms. The zero-order chi connectivity index (χ0) is 22.8. The van der Waals surface area contributed by atoms with Gasteiger partial charge in [-0.1, -0.05) is 6.92 Å². The van der Waals surface area contributed by atoms with Gasteiger partial charge in [0, 0.05) is 35.8 Å². The molecular formula is C23H26N2O5S. The fourth-order valence-corrected chi connectivity index (χ4v) is 5.00. The van der Waals surface area contributed by atoms with Gasteiger partial charge < -0.3 is 10.2 Å². The predicted octanol–water partition coefficient (Wildman–Crippen LogP) is 3.38. The molecule has 2 aromatic carbocycles. The highest BCUT2D eigenvalue weighted by Gasteiger charge is 2.31. The highest BCUT2D eigenvalue weighted by atomic mass is 32.2. The first-order chi connectivity index (χ1) is 14.6. The first kappa shape index (κ1) is 22.7. The summed E-state index contributed by atoms with van der Waals surface area (Å²) in [7, 11) is -3.66. The van der Waals surface area contributed by atoms with Crippen molar-refractivity contribution in [3.8, 4) is 0 Å². The van der Waals surface area contributed by atoms with E-state index in [0.29, 0.717) is 24.1 Å². The van der Waals surface area contributed by atoms with Crippen LogP contribution in [0.2, 0.25) is 0 Å². The van der Waals surface area contributed by atoms with Crippen LogP contribution in [0.1, 0.15) is 49.5 Å². The van der Waals surface area contributed by atoms with Gasteiger partial charge in [-0.25, -0.2) is 8.42 Å². The molecule has 0 bridgehead atoms. The first-order valence-corrected chi connectivity index (χ1v) is 11.9. The molecule has 0 aromatic heterocycles. The van der Waals surface area contributed by atoms with Crippen LogP contribution in [0.15, 0.2) is 47.4 Å². The van der Waals surface area contributed by atoms with E-state index in [-0.39, 0.29) is 34.8 Å². The summed E-state index contributed by atoms with van der Waals surface area (Å²) in [5.74, 6) is -0.811. The van der Waals surface area contributed by atoms with Gasteiger partial charge in [0.1, 0.15) is 0 Å². The highest BCUT2D eigenvalue weighted by Crippen LogP contribution is 2.34. The van der Waals surface area contributed by atoms with E-state index in [4.69, 9.17) is 0 Å². The van der Waals surface area contributed by atoms with E-state index in [9.17, 15) is 22.8 Å². The topological polar surface area (TPSA) is 101 Å². The van der Waals surface area contributed by atoms with Crippen LogP contribution in [0.3, 0.4) is 0 Å². The molecule has 1 N–H and O–H groups in total. The third-order valence-electron chi connectivity index (χ3n) is 5.37. The summed E-state index contributed by atoms with van der Waals surface area (Å²) in [6.07, 6.45) is 0.794. The molecule has 0 saturated heterocycles. The number of carbonyl (C=O) groups is 3. The molecule has 0 radical (unpaired) electrons. The van der Waals surface area contributed by atoms with Crippen molar-refractivity contribution in [2.45, 2.75) is 51.0 Å². The van der Waals surface area contributed by atoms with Gasteiger partial charge >= 0.3 is 0 Å². The second kappa shape index (κ2) is 9.01. The zero-order valence-corrected chi connectivity index (χ0v) is 18.7. The Kier molecular flexibility index (Phi) is 6.59. The molecule has 1 heterocycles. The molecule has 1 unspecified atom stereocenters. The van der Waals surface area contributed by atoms with Crippen LogP contribution < -0.4 is 10.2 Å². The van der Waals surface area contributed by atoms with Crippen molar-refractivity contribution in [1.82, 2.24) is 0 Å². The maximum atomic E-state index is 12.8. The Morgan fingerprint density at radius 3 is 2.39 bits per heavy atom. The second-order valence-corrected chi connectivity index (χ2v) is 9.82. The fraction of sp³-hybridized carbons (Fsp3) is 0.348. The van der Waals surface area contributed by atoms with E-state index in [1.165, 1.54) is 13.0 Å². The average Bonchev–Trinajstić information content (AvgIpc) is 3.07. The van der Waals surface area contributed by atoms with Gasteiger partial charge in [0.25, 0.3) is 0 Å². The summed E-state index contributed by atoms with van der Waals surface area (Å²) in [6, 6.07) is 11.2. The van der Waals surface area contributed by atoms with Crippen molar-refractivity contribution < 1.29 is 22.8 Å². The number of nitrogens with zero attached hydrogens (tertiary/aromatic N) is 1. The molecule has 1 aliphatic rings. The van der Waals surface area contributed by atoms with Gasteiger partial charge in [0.2, 0.25) is 11.8 Å². The molecule has 2 amide bonds. The van der Waals surface area contributed by atoms with Crippen molar-refractivity contribution in [2.75, 3.05) is 16.0 Å². The summed E-state index contributed by atoms with van der Waals surface area (Å²) in [4.78, 5) is 37.6. The number of carbonyl (C=O) groups excluding carboxylic acids is 3. The Balaban J connectivity index is 1.66. The summed E-state index contributed by atoms with van der Waals surface area (Å²) in [5.41, 5.74) is 2.61. The number of sulfone groups is 1. The minimum atomic E-state index is -3.66. The fourth-order valence-electron chi connectivity index (χ4n) is 3.71. The summed E-state index contributed by atoms with van der Waals surface area (Å²) < 4.78 is 25.5. The number of hydrogen-bond donors (Lipinski definition) is 1. The van der Waals surface area contributed by atoms with Crippen LogP contribution in [0.5, 0.6) is 0 Å². The predicted molar refractivity (Wildman–Crippen MR) is 119 cm³/mol. The lowest BCUT2D eigenvalue weighted by atomic mass is 10.1. The second-order valence-electron chi connectivity index (χ2n) is 7.71. The molecule has 8 heteroatoms. The lowest BCUT2D eigenvalue weighted by Gasteiger charge is -2.22. The molecule has 164 valence electrons. The maximum absolute atomic E-state index is 12.8. The number of anilines is 2. The van der Waals surface area contributed by atoms with Crippen molar-refractivity contribution >= 4 is 38.8 Å². The van der Waals surface area contributed by atoms with E-state index in [0.717, 1.165) is 11.3 Å². The van der Waals surface area contributed by atoms with Crippen LogP contribution in [0, 0.1) is 0 Å². The standard InChI is InChI=1S/C23H26N2O5S/c1-4-23(28)25-15(2)13-18-14-20(9-10-21(18)25)31(29,30)12-11-22(27)24-19-7-5-17(6-8-19)16(3)26/h5-10,14-15H,4,11-13H2,1-3H3,(H,24,27). The Morgan fingerprint density at radius 2 is 1.77 bits per heavy atom. The van der Waals surface area contributed by atoms with Crippen LogP contribution >= 0.6 is 0 Å². The SMILES string of the molecule is CCC(=O)N1c2ccc(S(=O)(=O)CCC(=O)Nc3ccc(C(C)=O)cc3)cc2CC1C. The number of amides is 2. The van der Waals surface area contributed by atoms with Crippen LogP contribution in [0.4, 0.5) is 11.4 Å². The summed E-state index contributed by atoms with van der Waals surface area (Å²) >= 11 is 0. The molecule has 7 nitrogen and oxygen atoms in total. The average molecular weight is 443 g/mol. The monoisotopic (exact) mass is 442 g/mol. The number of ketones is 1. The molecule has 0 fully saturated rings. The van der Waals surface area contributed by atoms with Gasteiger partial charge in [-0.05, 0) is 68.3 Å². The van der Waals surface area contributed by atoms with Gasteiger partial charge in [-0.15, -0.1) is 0 Å². The van der Waals surface area contributed by atoms with Crippen LogP contribution in [0.25, 0.3) is 0 Å². The molecule has 0 saturated carbocycles. The largest absolute Gasteiger partial charge is 0.326 e. The molecule has 2 aromatic rings. The maximum Gasteiger partial charge on any atom is 0.226 e. The summed E-state index contributed by atoms with van der Waals surface area (Å²) in [5, 5.41) is 2.65. The smallest absolute Gasteiger partial charge is 0.226 e. The quantitative estimate of drug-likeness (QED) is 0.663. The number of benzene rings is 2. The van der Waals surface area contributed by atoms with E-state index < -0.39 is 15.7 Å². The lowest BCUT2D eigenvalue weighted by Crippen LogP contribution is -2.35. The number of Topliss-reactive ketones (excluding diaryl/α,β-unsaturated/α-hetero) is 1. The van der Waals surface area contributed by atoms with Crippen molar-refractivity contribution in [1.29, 1.82) is 0 Å². The molecule has 31 heavy (non-hydrogen) atoms. The van der Waals surface area contributed by atoms with Gasteiger partial charge in [0.15, 0.2) is 15.6 Å². The lowest BCUT2D eigenvalue weighted by molar-refractivity contribution is -0.118. The Morgan fingerprint density at radius 1 is 1.10 bits per heavy atom. The molecular weight excluding hydrogens is 416 g/mol. The first-order valence-electron chi connectivity index (χ1n) is 10.2. The van der Waals surface area contributed by atoms with Crippen molar-refractivity contribution in [3.63, 3.8) is 0 Å². The molecule has 1 atom stereocenters. The van der Waals surface area contributed by atoms with Crippen molar-refractivity contribution in [2.24, 2.45) is 0 Å². The minimum Gasteiger partial charge on any atom is -0.326 e. The number of fused-ring (bicyclic) bond motifs is 1. The zero-order valence-electron chi connectivity index (χ0n) is 17.8. The Labute approximate surface area is 182 Å². The Hall–Kier alpha value is -3.00. The molecule has 0 aliphatic carbocycles. The molecule has 3 rings (SSSR count). The van der Waals surface area contributed by atoms with Crippen molar-refractivity contribution in [3.05, 3.63) is 53.6 Å². The van der Waals surface area contributed by atoms with E-state index in [2.05, 4.69) is 5.32 Å². The molecule has 1 aliphatic heterocycles. The third-order valence-corrected chi connectivity index (χ3v) is 7.08. The van der Waals surface area contributed by atoms with Crippen LogP contribution in [-0.4, -0.2) is 37.8 Å². The van der Waals surface area contributed by atoms with E-state index >= 15 is 0 Å². The minimum absolute atomic E-state index is 0.00913. The normalized spacial score (nSPS) is 15.5. The number of hydrogen-bond acceptors (Lipinski definition) is 5. The van der Waals surface area contributed by atoms with E-state index in [1.807, 2.05) is 6.92 Å². The number of rotatable bonds is 7. The van der Waals surface area contributed by atoms with E-state index in [1.54, 1.807) is 48.2 Å². The summed E-state index contributed by atoms with van der Waals surface area (Å²) in [6.45, 7) is 5.20. The van der Waals surface area contributed by atoms with Gasteiger partial charge in [-0.3, -0.25) is 14.4 Å². The number of nitrogens with one attached hydrogen (secondary N) is 1.